The molecule has 10 heteroatoms. The molecule has 1 saturated heterocycles. The molecule has 0 bridgehead atoms. The van der Waals surface area contributed by atoms with E-state index in [2.05, 4.69) is 15.3 Å². The number of pyridine rings is 1. The topological polar surface area (TPSA) is 77.2 Å². The van der Waals surface area contributed by atoms with E-state index in [0.717, 1.165) is 18.3 Å². The first-order chi connectivity index (χ1) is 13.7. The van der Waals surface area contributed by atoms with E-state index in [-0.39, 0.29) is 11.8 Å². The van der Waals surface area contributed by atoms with Gasteiger partial charge in [-0.15, -0.1) is 0 Å². The number of rotatable bonds is 5. The fraction of sp³-hybridized carbons (Fsp3) is 0.474. The van der Waals surface area contributed by atoms with Crippen molar-refractivity contribution in [3.8, 4) is 0 Å². The fourth-order valence-electron chi connectivity index (χ4n) is 3.22. The van der Waals surface area contributed by atoms with Crippen LogP contribution in [0.2, 0.25) is 10.2 Å². The number of carbonyl (C=O) groups excluding carboxylic acids is 1. The second kappa shape index (κ2) is 7.50. The summed E-state index contributed by atoms with van der Waals surface area (Å²) in [4.78, 5) is 20.4. The lowest BCUT2D eigenvalue weighted by molar-refractivity contribution is -0.710. The van der Waals surface area contributed by atoms with Crippen LogP contribution in [0.1, 0.15) is 33.6 Å². The van der Waals surface area contributed by atoms with E-state index in [1.807, 2.05) is 20.8 Å². The Kier molecular flexibility index (Phi) is 5.31. The Labute approximate surface area is 179 Å². The van der Waals surface area contributed by atoms with Crippen LogP contribution >= 0.6 is 23.2 Å². The minimum atomic E-state index is -0.700. The Bertz CT molecular complexity index is 957. The normalized spacial score (nSPS) is 23.3. The van der Waals surface area contributed by atoms with E-state index >= 15 is 0 Å². The molecule has 1 amide bonds. The van der Waals surface area contributed by atoms with Crippen LogP contribution in [0.25, 0.3) is 0 Å². The zero-order chi connectivity index (χ0) is 20.8. The number of carbonyl (C=O) groups is 1. The lowest BCUT2D eigenvalue weighted by Gasteiger charge is -2.35. The summed E-state index contributed by atoms with van der Waals surface area (Å²) in [6.45, 7) is 6.32. The number of amides is 1. The maximum Gasteiger partial charge on any atom is 0.496 e. The van der Waals surface area contributed by atoms with Crippen LogP contribution in [0.15, 0.2) is 30.9 Å². The van der Waals surface area contributed by atoms with Gasteiger partial charge in [0.2, 0.25) is 11.1 Å². The van der Waals surface area contributed by atoms with Gasteiger partial charge in [0.1, 0.15) is 12.1 Å². The van der Waals surface area contributed by atoms with Gasteiger partial charge in [-0.25, -0.2) is 4.57 Å². The van der Waals surface area contributed by atoms with Crippen LogP contribution in [0.5, 0.6) is 0 Å². The number of nitrogens with one attached hydrogen (secondary N) is 1. The van der Waals surface area contributed by atoms with E-state index in [9.17, 15) is 4.79 Å². The first-order valence-electron chi connectivity index (χ1n) is 9.49. The first-order valence-corrected chi connectivity index (χ1v) is 10.2. The molecule has 152 valence electrons. The molecule has 1 aliphatic carbocycles. The maximum atomic E-state index is 11.9. The van der Waals surface area contributed by atoms with Crippen molar-refractivity contribution in [2.75, 3.05) is 5.32 Å². The quantitative estimate of drug-likeness (QED) is 0.443. The van der Waals surface area contributed by atoms with Crippen molar-refractivity contribution in [3.63, 3.8) is 0 Å². The largest absolute Gasteiger partial charge is 0.496 e. The molecule has 1 atom stereocenters. The molecule has 0 aromatic carbocycles. The average Bonchev–Trinajstić information content (AvgIpc) is 3.45. The van der Waals surface area contributed by atoms with Gasteiger partial charge in [0, 0.05) is 23.8 Å². The van der Waals surface area contributed by atoms with Crippen LogP contribution in [0.3, 0.4) is 0 Å². The number of anilines is 1. The molecule has 7 nitrogen and oxygen atoms in total. The zero-order valence-electron chi connectivity index (χ0n) is 16.5. The third-order valence-electron chi connectivity index (χ3n) is 5.58. The summed E-state index contributed by atoms with van der Waals surface area (Å²) in [5.41, 5.74) is -0.564. The highest BCUT2D eigenvalue weighted by Crippen LogP contribution is 2.37. The number of halogens is 2. The van der Waals surface area contributed by atoms with E-state index < -0.39 is 18.3 Å². The molecule has 2 fully saturated rings. The highest BCUT2D eigenvalue weighted by molar-refractivity contribution is 6.62. The maximum absolute atomic E-state index is 11.9. The molecule has 1 aliphatic heterocycles. The minimum absolute atomic E-state index is 0.00934. The van der Waals surface area contributed by atoms with Crippen LogP contribution in [-0.4, -0.2) is 34.2 Å². The van der Waals surface area contributed by atoms with E-state index in [4.69, 9.17) is 32.5 Å². The summed E-state index contributed by atoms with van der Waals surface area (Å²) in [7, 11) is -0.592. The summed E-state index contributed by atoms with van der Waals surface area (Å²) in [5.74, 6) is 0.536. The van der Waals surface area contributed by atoms with Crippen molar-refractivity contribution in [3.05, 3.63) is 41.0 Å². The molecule has 3 heterocycles. The van der Waals surface area contributed by atoms with E-state index in [1.165, 1.54) is 0 Å². The third kappa shape index (κ3) is 4.26. The monoisotopic (exact) mass is 435 g/mol. The van der Waals surface area contributed by atoms with E-state index in [0.29, 0.717) is 22.5 Å². The summed E-state index contributed by atoms with van der Waals surface area (Å²) < 4.78 is 14.2. The summed E-state index contributed by atoms with van der Waals surface area (Å²) in [5, 5.41) is 3.77. The molecule has 4 rings (SSSR count). The van der Waals surface area contributed by atoms with Crippen LogP contribution in [-0.2, 0) is 20.6 Å². The van der Waals surface area contributed by atoms with Gasteiger partial charge in [0.15, 0.2) is 0 Å². The summed E-state index contributed by atoms with van der Waals surface area (Å²) in [6.07, 6.45) is 6.71. The van der Waals surface area contributed by atoms with Gasteiger partial charge in [-0.3, -0.25) is 15.1 Å². The van der Waals surface area contributed by atoms with Crippen molar-refractivity contribution in [2.24, 2.45) is 5.92 Å². The van der Waals surface area contributed by atoms with Crippen molar-refractivity contribution < 1.29 is 18.7 Å². The molecule has 1 saturated carbocycles. The standard InChI is InChI=1S/C19H21BCl2N4O3/c1-18(2)19(3,29-20(28-18)13-6-14(21)9-23-8-13)10-26-11-24-16(7-15(26)22)25-17(27)12-4-5-12/h6-9,11-12H,4-5,10H2,1-3H3/p+1. The first kappa shape index (κ1) is 20.5. The molecular weight excluding hydrogens is 414 g/mol. The van der Waals surface area contributed by atoms with Gasteiger partial charge in [-0.2, -0.15) is 0 Å². The Morgan fingerprint density at radius 3 is 2.69 bits per heavy atom. The van der Waals surface area contributed by atoms with Crippen LogP contribution in [0, 0.1) is 5.92 Å². The molecule has 0 spiro atoms. The molecule has 2 aromatic rings. The number of nitrogens with zero attached hydrogens (tertiary/aromatic N) is 3. The Morgan fingerprint density at radius 1 is 1.28 bits per heavy atom. The highest BCUT2D eigenvalue weighted by atomic mass is 35.5. The lowest BCUT2D eigenvalue weighted by atomic mass is 9.80. The van der Waals surface area contributed by atoms with Crippen molar-refractivity contribution in [2.45, 2.75) is 51.4 Å². The van der Waals surface area contributed by atoms with Gasteiger partial charge in [-0.05, 0) is 56.3 Å². The van der Waals surface area contributed by atoms with Gasteiger partial charge in [0.05, 0.1) is 16.7 Å². The predicted molar refractivity (Wildman–Crippen MR) is 110 cm³/mol. The third-order valence-corrected chi connectivity index (χ3v) is 6.11. The molecule has 0 radical (unpaired) electrons. The van der Waals surface area contributed by atoms with Gasteiger partial charge in [-0.1, -0.05) is 11.6 Å². The second-order valence-corrected chi connectivity index (χ2v) is 9.06. The van der Waals surface area contributed by atoms with Crippen LogP contribution < -0.4 is 15.3 Å². The molecule has 29 heavy (non-hydrogen) atoms. The second-order valence-electron chi connectivity index (χ2n) is 8.23. The molecule has 2 aliphatic rings. The van der Waals surface area contributed by atoms with E-state index in [1.54, 1.807) is 35.4 Å². The SMILES string of the molecule is CC1(C)OB(c2cncc(Cl)c2)OC1(C)C[n+]1cnc(NC(=O)C2CC2)cc1Cl. The Hall–Kier alpha value is -1.74. The van der Waals surface area contributed by atoms with Crippen LogP contribution in [0.4, 0.5) is 5.82 Å². The Balaban J connectivity index is 1.52. The van der Waals surface area contributed by atoms with Gasteiger partial charge < -0.3 is 9.31 Å². The summed E-state index contributed by atoms with van der Waals surface area (Å²) >= 11 is 12.5. The minimum Gasteiger partial charge on any atom is -0.399 e. The number of aromatic nitrogens is 3. The smallest absolute Gasteiger partial charge is 0.399 e. The summed E-state index contributed by atoms with van der Waals surface area (Å²) in [6, 6.07) is 3.42. The highest BCUT2D eigenvalue weighted by Gasteiger charge is 2.56. The average molecular weight is 436 g/mol. The molecular formula is C19H22BCl2N4O3+. The number of hydrogen-bond acceptors (Lipinski definition) is 5. The number of hydrogen-bond donors (Lipinski definition) is 1. The zero-order valence-corrected chi connectivity index (χ0v) is 18.0. The fourth-order valence-corrected chi connectivity index (χ4v) is 3.61. The molecule has 1 unspecified atom stereocenters. The predicted octanol–water partition coefficient (Wildman–Crippen LogP) is 2.40. The van der Waals surface area contributed by atoms with Crippen molar-refractivity contribution >= 4 is 47.5 Å². The lowest BCUT2D eigenvalue weighted by Crippen LogP contribution is -2.56. The van der Waals surface area contributed by atoms with Crippen molar-refractivity contribution in [1.82, 2.24) is 9.97 Å². The van der Waals surface area contributed by atoms with Gasteiger partial charge >= 0.3 is 7.12 Å². The van der Waals surface area contributed by atoms with Gasteiger partial charge in [0.25, 0.3) is 12.1 Å². The van der Waals surface area contributed by atoms with Crippen molar-refractivity contribution in [1.29, 1.82) is 0 Å². The Morgan fingerprint density at radius 2 is 2.03 bits per heavy atom. The molecule has 2 aromatic heterocycles. The molecule has 1 N–H and O–H groups in total.